The lowest BCUT2D eigenvalue weighted by Crippen LogP contribution is -2.42. The van der Waals surface area contributed by atoms with E-state index < -0.39 is 17.9 Å². The van der Waals surface area contributed by atoms with Gasteiger partial charge >= 0.3 is 5.97 Å². The van der Waals surface area contributed by atoms with E-state index >= 15 is 0 Å². The Morgan fingerprint density at radius 1 is 1.35 bits per heavy atom. The van der Waals surface area contributed by atoms with Gasteiger partial charge < -0.3 is 10.4 Å². The van der Waals surface area contributed by atoms with E-state index in [-0.39, 0.29) is 13.0 Å². The molecule has 1 aromatic heterocycles. The number of hydrogen-bond acceptors (Lipinski definition) is 5. The van der Waals surface area contributed by atoms with Gasteiger partial charge in [-0.3, -0.25) is 4.79 Å². The number of benzene rings is 1. The summed E-state index contributed by atoms with van der Waals surface area (Å²) in [6.07, 6.45) is 3.63. The van der Waals surface area contributed by atoms with Crippen LogP contribution in [0.2, 0.25) is 0 Å². The molecule has 2 N–H and O–H groups in total. The van der Waals surface area contributed by atoms with Gasteiger partial charge in [0.1, 0.15) is 12.6 Å². The lowest BCUT2D eigenvalue weighted by molar-refractivity contribution is -0.141. The third-order valence-electron chi connectivity index (χ3n) is 3.01. The van der Waals surface area contributed by atoms with Crippen molar-refractivity contribution in [3.05, 3.63) is 42.5 Å². The van der Waals surface area contributed by atoms with Crippen LogP contribution in [0.25, 0.3) is 11.4 Å². The quantitative estimate of drug-likeness (QED) is 0.734. The fourth-order valence-corrected chi connectivity index (χ4v) is 1.88. The molecule has 1 unspecified atom stereocenters. The first-order valence-electron chi connectivity index (χ1n) is 7.06. The molecule has 1 atom stereocenters. The number of rotatable bonds is 7. The summed E-state index contributed by atoms with van der Waals surface area (Å²) in [5.74, 6) is -1.17. The van der Waals surface area contributed by atoms with Gasteiger partial charge in [-0.05, 0) is 18.6 Å². The Kier molecular flexibility index (Phi) is 5.56. The largest absolute Gasteiger partial charge is 0.480 e. The number of hydrogen-bond donors (Lipinski definition) is 2. The zero-order valence-electron chi connectivity index (χ0n) is 12.6. The third kappa shape index (κ3) is 4.73. The number of nitrogens with one attached hydrogen (secondary N) is 1. The smallest absolute Gasteiger partial charge is 0.326 e. The second-order valence-corrected chi connectivity index (χ2v) is 4.77. The lowest BCUT2D eigenvalue weighted by Gasteiger charge is -2.11. The van der Waals surface area contributed by atoms with E-state index in [1.54, 1.807) is 19.1 Å². The number of carboxylic acid groups (broad SMARTS) is 1. The molecule has 23 heavy (non-hydrogen) atoms. The number of carbonyl (C=O) groups excluding carboxylic acids is 1. The van der Waals surface area contributed by atoms with E-state index in [9.17, 15) is 9.59 Å². The monoisotopic (exact) mass is 315 g/mol. The van der Waals surface area contributed by atoms with E-state index in [4.69, 9.17) is 5.11 Å². The van der Waals surface area contributed by atoms with Crippen LogP contribution in [-0.4, -0.2) is 43.2 Å². The summed E-state index contributed by atoms with van der Waals surface area (Å²) in [5.41, 5.74) is 0.788. The molecule has 8 nitrogen and oxygen atoms in total. The van der Waals surface area contributed by atoms with Gasteiger partial charge in [0.25, 0.3) is 0 Å². The zero-order chi connectivity index (χ0) is 16.7. The van der Waals surface area contributed by atoms with E-state index in [0.29, 0.717) is 5.82 Å². The fourth-order valence-electron chi connectivity index (χ4n) is 1.88. The van der Waals surface area contributed by atoms with Crippen LogP contribution in [0, 0.1) is 0 Å². The standard InChI is InChI=1S/C15H17N5O3/c1-2-3-9-12(15(22)23)16-13(21)10-20-18-14(17-19-20)11-7-5-4-6-8-11/h2-8,12H,9-10H2,1H3,(H,16,21)(H,22,23)/b3-2+. The first-order chi connectivity index (χ1) is 11.1. The van der Waals surface area contributed by atoms with Crippen molar-refractivity contribution >= 4 is 11.9 Å². The molecular weight excluding hydrogens is 298 g/mol. The molecule has 0 radical (unpaired) electrons. The summed E-state index contributed by atoms with van der Waals surface area (Å²) in [5, 5.41) is 23.3. The van der Waals surface area contributed by atoms with Gasteiger partial charge in [-0.2, -0.15) is 4.80 Å². The van der Waals surface area contributed by atoms with Crippen molar-refractivity contribution in [3.8, 4) is 11.4 Å². The summed E-state index contributed by atoms with van der Waals surface area (Å²) >= 11 is 0. The minimum absolute atomic E-state index is 0.195. The molecule has 0 saturated carbocycles. The van der Waals surface area contributed by atoms with Crippen molar-refractivity contribution in [2.75, 3.05) is 0 Å². The number of nitrogens with zero attached hydrogens (tertiary/aromatic N) is 4. The molecule has 0 aliphatic carbocycles. The van der Waals surface area contributed by atoms with Gasteiger partial charge in [-0.1, -0.05) is 42.5 Å². The van der Waals surface area contributed by atoms with Gasteiger partial charge in [-0.15, -0.1) is 10.2 Å². The molecule has 1 aromatic carbocycles. The second kappa shape index (κ2) is 7.83. The number of carbonyl (C=O) groups is 2. The maximum atomic E-state index is 11.9. The maximum Gasteiger partial charge on any atom is 0.326 e. The summed E-state index contributed by atoms with van der Waals surface area (Å²) in [6.45, 7) is 1.59. The third-order valence-corrected chi connectivity index (χ3v) is 3.01. The summed E-state index contributed by atoms with van der Waals surface area (Å²) < 4.78 is 0. The van der Waals surface area contributed by atoms with Crippen LogP contribution >= 0.6 is 0 Å². The summed E-state index contributed by atoms with van der Waals surface area (Å²) in [6, 6.07) is 8.26. The molecule has 1 heterocycles. The van der Waals surface area contributed by atoms with E-state index in [0.717, 1.165) is 10.4 Å². The van der Waals surface area contributed by atoms with Crippen molar-refractivity contribution < 1.29 is 14.7 Å². The predicted molar refractivity (Wildman–Crippen MR) is 82.3 cm³/mol. The SMILES string of the molecule is C/C=C/CC(NC(=O)Cn1nnc(-c2ccccc2)n1)C(=O)O. The molecule has 8 heteroatoms. The number of allylic oxidation sites excluding steroid dienone is 1. The molecule has 2 rings (SSSR count). The highest BCUT2D eigenvalue weighted by Gasteiger charge is 2.19. The van der Waals surface area contributed by atoms with Crippen LogP contribution in [0.3, 0.4) is 0 Å². The van der Waals surface area contributed by atoms with E-state index in [2.05, 4.69) is 20.7 Å². The fraction of sp³-hybridized carbons (Fsp3) is 0.267. The molecule has 0 spiro atoms. The highest BCUT2D eigenvalue weighted by atomic mass is 16.4. The normalized spacial score (nSPS) is 12.2. The molecule has 120 valence electrons. The number of amides is 1. The Morgan fingerprint density at radius 3 is 2.74 bits per heavy atom. The van der Waals surface area contributed by atoms with Crippen LogP contribution in [0.1, 0.15) is 13.3 Å². The van der Waals surface area contributed by atoms with Crippen LogP contribution < -0.4 is 5.32 Å². The van der Waals surface area contributed by atoms with Crippen molar-refractivity contribution in [1.82, 2.24) is 25.5 Å². The van der Waals surface area contributed by atoms with E-state index in [1.165, 1.54) is 0 Å². The average Bonchev–Trinajstić information content (AvgIpc) is 3.00. The van der Waals surface area contributed by atoms with Crippen molar-refractivity contribution in [2.24, 2.45) is 0 Å². The molecule has 0 saturated heterocycles. The lowest BCUT2D eigenvalue weighted by atomic mass is 10.2. The number of carboxylic acids is 1. The Labute approximate surface area is 132 Å². The van der Waals surface area contributed by atoms with Crippen molar-refractivity contribution in [2.45, 2.75) is 25.9 Å². The van der Waals surface area contributed by atoms with Crippen molar-refractivity contribution in [1.29, 1.82) is 0 Å². The van der Waals surface area contributed by atoms with Gasteiger partial charge in [0.05, 0.1) is 0 Å². The highest BCUT2D eigenvalue weighted by Crippen LogP contribution is 2.11. The molecule has 2 aromatic rings. The molecular formula is C15H17N5O3. The van der Waals surface area contributed by atoms with Crippen molar-refractivity contribution in [3.63, 3.8) is 0 Å². The summed E-state index contributed by atoms with van der Waals surface area (Å²) in [7, 11) is 0. The van der Waals surface area contributed by atoms with E-state index in [1.807, 2.05) is 30.3 Å². The van der Waals surface area contributed by atoms with Crippen LogP contribution in [0.15, 0.2) is 42.5 Å². The van der Waals surface area contributed by atoms with Crippen LogP contribution in [-0.2, 0) is 16.1 Å². The molecule has 1 amide bonds. The average molecular weight is 315 g/mol. The number of tetrazole rings is 1. The minimum atomic E-state index is -1.09. The summed E-state index contributed by atoms with van der Waals surface area (Å²) in [4.78, 5) is 24.1. The molecule has 0 aliphatic rings. The van der Waals surface area contributed by atoms with Gasteiger partial charge in [0, 0.05) is 5.56 Å². The Balaban J connectivity index is 1.98. The molecule has 0 bridgehead atoms. The first kappa shape index (κ1) is 16.3. The Bertz CT molecular complexity index is 696. The number of aliphatic carboxylic acids is 1. The van der Waals surface area contributed by atoms with Gasteiger partial charge in [0.15, 0.2) is 0 Å². The van der Waals surface area contributed by atoms with Gasteiger partial charge in [0.2, 0.25) is 11.7 Å². The minimum Gasteiger partial charge on any atom is -0.480 e. The van der Waals surface area contributed by atoms with Gasteiger partial charge in [-0.25, -0.2) is 4.79 Å². The maximum absolute atomic E-state index is 11.9. The Hall–Kier alpha value is -3.03. The zero-order valence-corrected chi connectivity index (χ0v) is 12.6. The predicted octanol–water partition coefficient (Wildman–Crippen LogP) is 0.876. The second-order valence-electron chi connectivity index (χ2n) is 4.77. The topological polar surface area (TPSA) is 110 Å². The molecule has 0 fully saturated rings. The Morgan fingerprint density at radius 2 is 2.09 bits per heavy atom. The number of aromatic nitrogens is 4. The molecule has 0 aliphatic heterocycles. The van der Waals surface area contributed by atoms with Crippen LogP contribution in [0.4, 0.5) is 0 Å². The van der Waals surface area contributed by atoms with Crippen LogP contribution in [0.5, 0.6) is 0 Å². The first-order valence-corrected chi connectivity index (χ1v) is 7.06. The highest BCUT2D eigenvalue weighted by molar-refractivity contribution is 5.83.